The quantitative estimate of drug-likeness (QED) is 0.534. The van der Waals surface area contributed by atoms with Gasteiger partial charge in [-0.15, -0.1) is 0 Å². The van der Waals surface area contributed by atoms with E-state index in [0.29, 0.717) is 12.2 Å². The fraction of sp³-hybridized carbons (Fsp3) is 0.0952. The van der Waals surface area contributed by atoms with Crippen molar-refractivity contribution < 1.29 is 17.9 Å². The molecule has 3 nitrogen and oxygen atoms in total. The van der Waals surface area contributed by atoms with Gasteiger partial charge in [-0.1, -0.05) is 48.5 Å². The number of anilines is 1. The monoisotopic (exact) mass is 402 g/mol. The fourth-order valence-electron chi connectivity index (χ4n) is 2.71. The number of ether oxygens (including phenoxy) is 1. The maximum absolute atomic E-state index is 13.0. The molecular formula is C21H17F3N2OS. The minimum atomic E-state index is -4.49. The molecule has 0 unspecified atom stereocenters. The third-order valence-corrected chi connectivity index (χ3v) is 4.10. The van der Waals surface area contributed by atoms with Crippen LogP contribution in [0.2, 0.25) is 0 Å². The van der Waals surface area contributed by atoms with Crippen molar-refractivity contribution in [3.05, 3.63) is 89.5 Å². The van der Waals surface area contributed by atoms with Crippen LogP contribution in [0.4, 0.5) is 18.9 Å². The number of rotatable bonds is 5. The molecule has 7 heteroatoms. The van der Waals surface area contributed by atoms with E-state index in [4.69, 9.17) is 22.7 Å². The molecule has 3 rings (SSSR count). The Bertz CT molecular complexity index is 975. The van der Waals surface area contributed by atoms with Gasteiger partial charge in [-0.05, 0) is 47.6 Å². The minimum absolute atomic E-state index is 0.0526. The molecule has 3 N–H and O–H groups in total. The molecule has 144 valence electrons. The number of hydrogen-bond donors (Lipinski definition) is 2. The van der Waals surface area contributed by atoms with Gasteiger partial charge in [0.05, 0.1) is 11.3 Å². The highest BCUT2D eigenvalue weighted by Crippen LogP contribution is 2.37. The van der Waals surface area contributed by atoms with Crippen molar-refractivity contribution in [1.82, 2.24) is 0 Å². The van der Waals surface area contributed by atoms with E-state index >= 15 is 0 Å². The number of benzene rings is 3. The highest BCUT2D eigenvalue weighted by molar-refractivity contribution is 7.80. The lowest BCUT2D eigenvalue weighted by Gasteiger charge is -2.17. The summed E-state index contributed by atoms with van der Waals surface area (Å²) in [7, 11) is 0. The Morgan fingerprint density at radius 1 is 0.929 bits per heavy atom. The smallest absolute Gasteiger partial charge is 0.416 e. The second-order valence-electron chi connectivity index (χ2n) is 6.07. The first-order chi connectivity index (χ1) is 13.3. The number of thiocarbonyl (C=S) groups is 1. The molecule has 0 heterocycles. The first-order valence-electron chi connectivity index (χ1n) is 8.40. The van der Waals surface area contributed by atoms with Gasteiger partial charge in [0.15, 0.2) is 10.9 Å². The van der Waals surface area contributed by atoms with E-state index in [0.717, 1.165) is 23.3 Å². The van der Waals surface area contributed by atoms with E-state index in [1.54, 1.807) is 12.1 Å². The number of halogens is 3. The van der Waals surface area contributed by atoms with E-state index in [2.05, 4.69) is 5.32 Å². The molecule has 0 saturated carbocycles. The highest BCUT2D eigenvalue weighted by Gasteiger charge is 2.31. The molecular weight excluding hydrogens is 385 g/mol. The molecule has 3 aromatic carbocycles. The molecule has 0 bridgehead atoms. The lowest BCUT2D eigenvalue weighted by molar-refractivity contribution is -0.137. The van der Waals surface area contributed by atoms with Crippen LogP contribution in [0, 0.1) is 0 Å². The van der Waals surface area contributed by atoms with Gasteiger partial charge < -0.3 is 15.8 Å². The van der Waals surface area contributed by atoms with Gasteiger partial charge >= 0.3 is 6.18 Å². The standard InChI is InChI=1S/C21H17F3N2OS/c22-21(23,24)16-10-11-19(17(13-16)26-20(25)28)27-18-9-5-4-8-15(18)12-14-6-2-1-3-7-14/h1-11,13H,12H2,(H3,25,26,28). The van der Waals surface area contributed by atoms with Crippen LogP contribution in [0.15, 0.2) is 72.8 Å². The van der Waals surface area contributed by atoms with Crippen molar-refractivity contribution in [1.29, 1.82) is 0 Å². The SMILES string of the molecule is NC(=S)Nc1cc(C(F)(F)F)ccc1Oc1ccccc1Cc1ccccc1. The molecule has 0 radical (unpaired) electrons. The highest BCUT2D eigenvalue weighted by atomic mass is 32.1. The van der Waals surface area contributed by atoms with Gasteiger partial charge in [-0.25, -0.2) is 0 Å². The van der Waals surface area contributed by atoms with Crippen LogP contribution in [0.25, 0.3) is 0 Å². The van der Waals surface area contributed by atoms with Crippen molar-refractivity contribution in [3.63, 3.8) is 0 Å². The molecule has 0 amide bonds. The number of hydrogen-bond acceptors (Lipinski definition) is 2. The summed E-state index contributed by atoms with van der Waals surface area (Å²) >= 11 is 4.78. The lowest BCUT2D eigenvalue weighted by Crippen LogP contribution is -2.20. The molecule has 28 heavy (non-hydrogen) atoms. The van der Waals surface area contributed by atoms with Crippen LogP contribution in [0.3, 0.4) is 0 Å². The molecule has 0 aromatic heterocycles. The first-order valence-corrected chi connectivity index (χ1v) is 8.81. The largest absolute Gasteiger partial charge is 0.455 e. The van der Waals surface area contributed by atoms with E-state index in [1.807, 2.05) is 42.5 Å². The molecule has 0 aliphatic heterocycles. The van der Waals surface area contributed by atoms with Crippen molar-refractivity contribution in [2.24, 2.45) is 5.73 Å². The fourth-order valence-corrected chi connectivity index (χ4v) is 2.82. The first kappa shape index (κ1) is 19.7. The Morgan fingerprint density at radius 3 is 2.29 bits per heavy atom. The second-order valence-corrected chi connectivity index (χ2v) is 6.51. The van der Waals surface area contributed by atoms with Crippen LogP contribution in [-0.2, 0) is 12.6 Å². The zero-order chi connectivity index (χ0) is 20.1. The Labute approximate surface area is 165 Å². The Balaban J connectivity index is 1.94. The van der Waals surface area contributed by atoms with Gasteiger partial charge in [0.25, 0.3) is 0 Å². The van der Waals surface area contributed by atoms with Crippen molar-refractivity contribution in [2.75, 3.05) is 5.32 Å². The van der Waals surface area contributed by atoms with E-state index < -0.39 is 11.7 Å². The molecule has 0 atom stereocenters. The Morgan fingerprint density at radius 2 is 1.61 bits per heavy atom. The predicted molar refractivity (Wildman–Crippen MR) is 108 cm³/mol. The average molecular weight is 402 g/mol. The Kier molecular flexibility index (Phi) is 5.84. The van der Waals surface area contributed by atoms with Crippen molar-refractivity contribution >= 4 is 23.0 Å². The number of nitrogens with two attached hydrogens (primary N) is 1. The minimum Gasteiger partial charge on any atom is -0.455 e. The molecule has 0 aliphatic rings. The second kappa shape index (κ2) is 8.31. The summed E-state index contributed by atoms with van der Waals surface area (Å²) in [6.45, 7) is 0. The van der Waals surface area contributed by atoms with Crippen LogP contribution in [-0.4, -0.2) is 5.11 Å². The Hall–Kier alpha value is -3.06. The molecule has 0 spiro atoms. The molecule has 0 fully saturated rings. The van der Waals surface area contributed by atoms with Crippen molar-refractivity contribution in [2.45, 2.75) is 12.6 Å². The van der Waals surface area contributed by atoms with Crippen LogP contribution in [0.1, 0.15) is 16.7 Å². The third kappa shape index (κ3) is 5.01. The van der Waals surface area contributed by atoms with E-state index in [-0.39, 0.29) is 16.5 Å². The molecule has 0 aliphatic carbocycles. The average Bonchev–Trinajstić information content (AvgIpc) is 2.64. The third-order valence-electron chi connectivity index (χ3n) is 3.99. The maximum atomic E-state index is 13.0. The molecule has 3 aromatic rings. The summed E-state index contributed by atoms with van der Waals surface area (Å²) in [6.07, 6.45) is -3.87. The predicted octanol–water partition coefficient (Wildman–Crippen LogP) is 5.74. The molecule has 0 saturated heterocycles. The summed E-state index contributed by atoms with van der Waals surface area (Å²) in [5, 5.41) is 2.41. The topological polar surface area (TPSA) is 47.3 Å². The van der Waals surface area contributed by atoms with Gasteiger partial charge in [-0.2, -0.15) is 13.2 Å². The number of nitrogens with one attached hydrogen (secondary N) is 1. The van der Waals surface area contributed by atoms with Crippen LogP contribution >= 0.6 is 12.2 Å². The zero-order valence-corrected chi connectivity index (χ0v) is 15.5. The van der Waals surface area contributed by atoms with Gasteiger partial charge in [0, 0.05) is 6.42 Å². The number of alkyl halides is 3. The van der Waals surface area contributed by atoms with Crippen LogP contribution in [0.5, 0.6) is 11.5 Å². The van der Waals surface area contributed by atoms with Gasteiger partial charge in [-0.3, -0.25) is 0 Å². The normalized spacial score (nSPS) is 11.1. The van der Waals surface area contributed by atoms with Crippen LogP contribution < -0.4 is 15.8 Å². The maximum Gasteiger partial charge on any atom is 0.416 e. The summed E-state index contributed by atoms with van der Waals surface area (Å²) in [6, 6.07) is 20.3. The van der Waals surface area contributed by atoms with E-state index in [9.17, 15) is 13.2 Å². The summed E-state index contributed by atoms with van der Waals surface area (Å²) in [5.41, 5.74) is 6.68. The number of para-hydroxylation sites is 1. The zero-order valence-electron chi connectivity index (χ0n) is 14.7. The van der Waals surface area contributed by atoms with Gasteiger partial charge in [0.1, 0.15) is 5.75 Å². The van der Waals surface area contributed by atoms with Gasteiger partial charge in [0.2, 0.25) is 0 Å². The summed E-state index contributed by atoms with van der Waals surface area (Å²) in [5.74, 6) is 0.735. The summed E-state index contributed by atoms with van der Waals surface area (Å²) < 4.78 is 45.0. The summed E-state index contributed by atoms with van der Waals surface area (Å²) in [4.78, 5) is 0. The lowest BCUT2D eigenvalue weighted by atomic mass is 10.0. The van der Waals surface area contributed by atoms with E-state index in [1.165, 1.54) is 6.07 Å². The van der Waals surface area contributed by atoms with Crippen molar-refractivity contribution in [3.8, 4) is 11.5 Å².